The monoisotopic (exact) mass is 345 g/mol. The summed E-state index contributed by atoms with van der Waals surface area (Å²) < 4.78 is 0.727. The Morgan fingerprint density at radius 2 is 2.05 bits per heavy atom. The third-order valence-electron chi connectivity index (χ3n) is 3.33. The molecular formula is C13H13BrClNO3. The third-order valence-corrected chi connectivity index (χ3v) is 4.00. The molecule has 6 heteroatoms. The highest BCUT2D eigenvalue weighted by atomic mass is 79.9. The lowest BCUT2D eigenvalue weighted by atomic mass is 9.99. The second-order valence-electron chi connectivity index (χ2n) is 4.79. The molecule has 1 amide bonds. The van der Waals surface area contributed by atoms with E-state index in [-0.39, 0.29) is 18.4 Å². The molecule has 19 heavy (non-hydrogen) atoms. The van der Waals surface area contributed by atoms with Gasteiger partial charge in [0.25, 0.3) is 5.91 Å². The molecule has 2 rings (SSSR count). The van der Waals surface area contributed by atoms with Crippen LogP contribution in [0.5, 0.6) is 0 Å². The van der Waals surface area contributed by atoms with Gasteiger partial charge in [0.1, 0.15) is 0 Å². The number of hydrogen-bond donors (Lipinski definition) is 1. The highest BCUT2D eigenvalue weighted by Crippen LogP contribution is 2.26. The van der Waals surface area contributed by atoms with E-state index in [4.69, 9.17) is 16.7 Å². The summed E-state index contributed by atoms with van der Waals surface area (Å²) in [6.07, 6.45) is 0. The topological polar surface area (TPSA) is 57.6 Å². The van der Waals surface area contributed by atoms with Crippen molar-refractivity contribution >= 4 is 39.4 Å². The molecule has 0 aromatic heterocycles. The summed E-state index contributed by atoms with van der Waals surface area (Å²) in [6.45, 7) is 2.55. The van der Waals surface area contributed by atoms with E-state index in [0.717, 1.165) is 4.47 Å². The van der Waals surface area contributed by atoms with Crippen LogP contribution in [0.4, 0.5) is 0 Å². The lowest BCUT2D eigenvalue weighted by Gasteiger charge is -2.16. The second-order valence-corrected chi connectivity index (χ2v) is 6.14. The lowest BCUT2D eigenvalue weighted by molar-refractivity contribution is -0.142. The van der Waals surface area contributed by atoms with Crippen LogP contribution < -0.4 is 0 Å². The molecule has 0 spiro atoms. The van der Waals surface area contributed by atoms with Crippen LogP contribution >= 0.6 is 27.5 Å². The number of rotatable bonds is 2. The molecule has 1 aliphatic heterocycles. The summed E-state index contributed by atoms with van der Waals surface area (Å²) in [5, 5.41) is 9.55. The molecular weight excluding hydrogens is 334 g/mol. The number of carboxylic acids is 1. The SMILES string of the molecule is CC1CN(C(=O)c2cc(Cl)cc(Br)c2)CC1C(=O)O. The van der Waals surface area contributed by atoms with Crippen molar-refractivity contribution in [2.75, 3.05) is 13.1 Å². The number of carbonyl (C=O) groups excluding carboxylic acids is 1. The fourth-order valence-corrected chi connectivity index (χ4v) is 3.17. The van der Waals surface area contributed by atoms with Crippen LogP contribution in [0.3, 0.4) is 0 Å². The van der Waals surface area contributed by atoms with Gasteiger partial charge in [0.05, 0.1) is 5.92 Å². The van der Waals surface area contributed by atoms with Gasteiger partial charge in [0.2, 0.25) is 0 Å². The Hall–Kier alpha value is -1.07. The van der Waals surface area contributed by atoms with Crippen LogP contribution in [0.2, 0.25) is 5.02 Å². The first kappa shape index (κ1) is 14.3. The molecule has 1 aromatic rings. The summed E-state index contributed by atoms with van der Waals surface area (Å²) in [4.78, 5) is 24.9. The van der Waals surface area contributed by atoms with E-state index in [0.29, 0.717) is 17.1 Å². The fraction of sp³-hybridized carbons (Fsp3) is 0.385. The highest BCUT2D eigenvalue weighted by Gasteiger charge is 2.37. The van der Waals surface area contributed by atoms with E-state index < -0.39 is 11.9 Å². The number of halogens is 2. The Kier molecular flexibility index (Phi) is 4.16. The Bertz CT molecular complexity index is 514. The number of amides is 1. The Balaban J connectivity index is 2.19. The number of likely N-dealkylation sites (tertiary alicyclic amines) is 1. The minimum Gasteiger partial charge on any atom is -0.481 e. The molecule has 1 heterocycles. The van der Waals surface area contributed by atoms with Gasteiger partial charge in [-0.25, -0.2) is 0 Å². The van der Waals surface area contributed by atoms with Crippen LogP contribution in [-0.4, -0.2) is 35.0 Å². The summed E-state index contributed by atoms with van der Waals surface area (Å²) >= 11 is 9.20. The highest BCUT2D eigenvalue weighted by molar-refractivity contribution is 9.10. The first-order chi connectivity index (χ1) is 8.88. The number of hydrogen-bond acceptors (Lipinski definition) is 2. The van der Waals surface area contributed by atoms with Gasteiger partial charge in [-0.05, 0) is 24.1 Å². The van der Waals surface area contributed by atoms with Crippen LogP contribution in [0, 0.1) is 11.8 Å². The normalized spacial score (nSPS) is 22.6. The van der Waals surface area contributed by atoms with Crippen molar-refractivity contribution in [3.63, 3.8) is 0 Å². The van der Waals surface area contributed by atoms with Crippen molar-refractivity contribution < 1.29 is 14.7 Å². The zero-order valence-corrected chi connectivity index (χ0v) is 12.6. The van der Waals surface area contributed by atoms with Crippen molar-refractivity contribution in [1.29, 1.82) is 0 Å². The maximum Gasteiger partial charge on any atom is 0.308 e. The number of carbonyl (C=O) groups is 2. The van der Waals surface area contributed by atoms with Crippen molar-refractivity contribution in [3.8, 4) is 0 Å². The standard InChI is InChI=1S/C13H13BrClNO3/c1-7-5-16(6-11(7)13(18)19)12(17)8-2-9(14)4-10(15)3-8/h2-4,7,11H,5-6H2,1H3,(H,18,19). The van der Waals surface area contributed by atoms with Crippen LogP contribution in [0.25, 0.3) is 0 Å². The summed E-state index contributed by atoms with van der Waals surface area (Å²) in [5.41, 5.74) is 0.470. The van der Waals surface area contributed by atoms with E-state index in [9.17, 15) is 9.59 Å². The average molecular weight is 347 g/mol. The predicted octanol–water partition coefficient (Wildman–Crippen LogP) is 2.90. The van der Waals surface area contributed by atoms with Crippen molar-refractivity contribution in [3.05, 3.63) is 33.3 Å². The summed E-state index contributed by atoms with van der Waals surface area (Å²) in [7, 11) is 0. The number of benzene rings is 1. The fourth-order valence-electron chi connectivity index (χ4n) is 2.31. The predicted molar refractivity (Wildman–Crippen MR) is 75.3 cm³/mol. The summed E-state index contributed by atoms with van der Waals surface area (Å²) in [6, 6.07) is 4.98. The minimum absolute atomic E-state index is 0.0379. The molecule has 1 saturated heterocycles. The Labute approximate surface area is 124 Å². The first-order valence-corrected chi connectivity index (χ1v) is 7.03. The number of carboxylic acid groups (broad SMARTS) is 1. The van der Waals surface area contributed by atoms with Crippen LogP contribution in [0.15, 0.2) is 22.7 Å². The van der Waals surface area contributed by atoms with Crippen LogP contribution in [-0.2, 0) is 4.79 Å². The zero-order chi connectivity index (χ0) is 14.2. The van der Waals surface area contributed by atoms with Gasteiger partial charge >= 0.3 is 5.97 Å². The van der Waals surface area contributed by atoms with Gasteiger partial charge in [-0.1, -0.05) is 34.5 Å². The molecule has 2 unspecified atom stereocenters. The molecule has 0 aliphatic carbocycles. The first-order valence-electron chi connectivity index (χ1n) is 5.86. The van der Waals surface area contributed by atoms with Gasteiger partial charge in [-0.2, -0.15) is 0 Å². The van der Waals surface area contributed by atoms with Gasteiger partial charge in [0.15, 0.2) is 0 Å². The lowest BCUT2D eigenvalue weighted by Crippen LogP contribution is -2.29. The molecule has 1 N–H and O–H groups in total. The van der Waals surface area contributed by atoms with Gasteiger partial charge < -0.3 is 10.0 Å². The second kappa shape index (κ2) is 5.51. The van der Waals surface area contributed by atoms with Gasteiger partial charge in [-0.15, -0.1) is 0 Å². The zero-order valence-electron chi connectivity index (χ0n) is 10.3. The maximum absolute atomic E-state index is 12.3. The molecule has 1 fully saturated rings. The largest absolute Gasteiger partial charge is 0.481 e. The molecule has 0 saturated carbocycles. The number of nitrogens with zero attached hydrogens (tertiary/aromatic N) is 1. The molecule has 1 aromatic carbocycles. The smallest absolute Gasteiger partial charge is 0.308 e. The van der Waals surface area contributed by atoms with E-state index in [1.54, 1.807) is 23.1 Å². The molecule has 0 radical (unpaired) electrons. The van der Waals surface area contributed by atoms with E-state index >= 15 is 0 Å². The average Bonchev–Trinajstić information content (AvgIpc) is 2.69. The molecule has 2 atom stereocenters. The minimum atomic E-state index is -0.852. The van der Waals surface area contributed by atoms with Crippen LogP contribution in [0.1, 0.15) is 17.3 Å². The van der Waals surface area contributed by atoms with E-state index in [1.165, 1.54) is 0 Å². The third kappa shape index (κ3) is 3.09. The maximum atomic E-state index is 12.3. The van der Waals surface area contributed by atoms with Crippen molar-refractivity contribution in [2.45, 2.75) is 6.92 Å². The molecule has 1 aliphatic rings. The number of aliphatic carboxylic acids is 1. The summed E-state index contributed by atoms with van der Waals surface area (Å²) in [5.74, 6) is -1.57. The Morgan fingerprint density at radius 1 is 1.37 bits per heavy atom. The molecule has 4 nitrogen and oxygen atoms in total. The molecule has 0 bridgehead atoms. The van der Waals surface area contributed by atoms with Crippen molar-refractivity contribution in [2.24, 2.45) is 11.8 Å². The van der Waals surface area contributed by atoms with E-state index in [1.807, 2.05) is 6.92 Å². The Morgan fingerprint density at radius 3 is 2.58 bits per heavy atom. The molecule has 102 valence electrons. The quantitative estimate of drug-likeness (QED) is 0.896. The van der Waals surface area contributed by atoms with Gasteiger partial charge in [0, 0.05) is 28.1 Å². The van der Waals surface area contributed by atoms with Gasteiger partial charge in [-0.3, -0.25) is 9.59 Å². The van der Waals surface area contributed by atoms with Crippen molar-refractivity contribution in [1.82, 2.24) is 4.90 Å². The van der Waals surface area contributed by atoms with E-state index in [2.05, 4.69) is 15.9 Å².